The standard InChI is InChI=1S/C37H44F2N6O2/c1-3-27-30(38)10-9-24-16-26(46)17-28(31(24)27)33-32(39)34-29(19-40-33)35(45-15-6-8-25(45)21-43-12-4-5-13-43)42-36(41-34)47-22-37-11-7-14-44(37)20-23(2)18-37/h9-10,16-17,19,23,25,46H,3-8,11-15,18,20-22H2,1-2H3/t23-,25+,37+/m1/s1. The van der Waals surface area contributed by atoms with Crippen LogP contribution >= 0.6 is 0 Å². The van der Waals surface area contributed by atoms with Crippen LogP contribution < -0.4 is 9.64 Å². The summed E-state index contributed by atoms with van der Waals surface area (Å²) in [5.74, 6) is 0.228. The number of fused-ring (bicyclic) bond motifs is 3. The Balaban J connectivity index is 1.26. The molecule has 4 fully saturated rings. The molecule has 4 aliphatic rings. The van der Waals surface area contributed by atoms with E-state index in [1.165, 1.54) is 25.0 Å². The van der Waals surface area contributed by atoms with Gasteiger partial charge in [-0.25, -0.2) is 8.78 Å². The first-order chi connectivity index (χ1) is 22.8. The Morgan fingerprint density at radius 1 is 1.04 bits per heavy atom. The number of aromatic nitrogens is 3. The van der Waals surface area contributed by atoms with Crippen LogP contribution in [0.2, 0.25) is 0 Å². The zero-order valence-electron chi connectivity index (χ0n) is 27.4. The van der Waals surface area contributed by atoms with E-state index >= 15 is 8.78 Å². The van der Waals surface area contributed by atoms with Crippen LogP contribution in [0.5, 0.6) is 11.8 Å². The van der Waals surface area contributed by atoms with Crippen LogP contribution in [-0.4, -0.2) is 87.3 Å². The Labute approximate surface area is 274 Å². The van der Waals surface area contributed by atoms with Crippen molar-refractivity contribution < 1.29 is 18.6 Å². The molecule has 4 saturated heterocycles. The van der Waals surface area contributed by atoms with Crippen molar-refractivity contribution in [3.8, 4) is 23.0 Å². The van der Waals surface area contributed by atoms with Crippen LogP contribution in [0.1, 0.15) is 64.4 Å². The zero-order valence-corrected chi connectivity index (χ0v) is 27.4. The summed E-state index contributed by atoms with van der Waals surface area (Å²) in [5.41, 5.74) is 0.918. The van der Waals surface area contributed by atoms with Crippen molar-refractivity contribution in [1.29, 1.82) is 0 Å². The number of rotatable bonds is 8. The highest BCUT2D eigenvalue weighted by Gasteiger charge is 2.48. The second kappa shape index (κ2) is 12.1. The molecule has 4 aliphatic heterocycles. The molecule has 2 aromatic heterocycles. The number of anilines is 1. The lowest BCUT2D eigenvalue weighted by Gasteiger charge is -2.32. The molecule has 4 aromatic rings. The summed E-state index contributed by atoms with van der Waals surface area (Å²) in [6.07, 6.45) is 9.88. The van der Waals surface area contributed by atoms with E-state index in [4.69, 9.17) is 14.7 Å². The summed E-state index contributed by atoms with van der Waals surface area (Å²) in [4.78, 5) is 21.8. The molecule has 0 aliphatic carbocycles. The van der Waals surface area contributed by atoms with Gasteiger partial charge in [-0.2, -0.15) is 9.97 Å². The number of ether oxygens (including phenoxy) is 1. The number of aryl methyl sites for hydroxylation is 1. The van der Waals surface area contributed by atoms with Crippen LogP contribution in [0, 0.1) is 17.6 Å². The van der Waals surface area contributed by atoms with Crippen molar-refractivity contribution in [2.45, 2.75) is 76.8 Å². The van der Waals surface area contributed by atoms with Gasteiger partial charge in [-0.05, 0) is 111 Å². The highest BCUT2D eigenvalue weighted by molar-refractivity contribution is 6.01. The highest BCUT2D eigenvalue weighted by Crippen LogP contribution is 2.43. The van der Waals surface area contributed by atoms with Crippen molar-refractivity contribution in [3.63, 3.8) is 0 Å². The van der Waals surface area contributed by atoms with Crippen molar-refractivity contribution >= 4 is 27.5 Å². The van der Waals surface area contributed by atoms with Gasteiger partial charge in [0.1, 0.15) is 35.2 Å². The van der Waals surface area contributed by atoms with Gasteiger partial charge >= 0.3 is 6.01 Å². The largest absolute Gasteiger partial charge is 0.508 e. The van der Waals surface area contributed by atoms with Gasteiger partial charge in [-0.3, -0.25) is 9.88 Å². The summed E-state index contributed by atoms with van der Waals surface area (Å²) in [5, 5.41) is 12.4. The second-order valence-electron chi connectivity index (χ2n) is 14.4. The lowest BCUT2D eigenvalue weighted by molar-refractivity contribution is 0.107. The first kappa shape index (κ1) is 30.7. The minimum Gasteiger partial charge on any atom is -0.508 e. The Morgan fingerprint density at radius 3 is 2.72 bits per heavy atom. The van der Waals surface area contributed by atoms with Crippen LogP contribution in [0.3, 0.4) is 0 Å². The first-order valence-electron chi connectivity index (χ1n) is 17.5. The third-order valence-electron chi connectivity index (χ3n) is 11.2. The molecule has 10 heteroatoms. The average Bonchev–Trinajstić information content (AvgIpc) is 3.86. The Bertz CT molecular complexity index is 1830. The van der Waals surface area contributed by atoms with E-state index in [1.54, 1.807) is 18.3 Å². The minimum atomic E-state index is -0.625. The summed E-state index contributed by atoms with van der Waals surface area (Å²) in [7, 11) is 0. The molecule has 0 unspecified atom stereocenters. The molecular weight excluding hydrogens is 598 g/mol. The van der Waals surface area contributed by atoms with Gasteiger partial charge in [0.2, 0.25) is 0 Å². The Morgan fingerprint density at radius 2 is 1.89 bits per heavy atom. The van der Waals surface area contributed by atoms with Crippen molar-refractivity contribution in [2.24, 2.45) is 5.92 Å². The number of aromatic hydroxyl groups is 1. The SMILES string of the molecule is CCc1c(F)ccc2cc(O)cc(-c3ncc4c(N5CCC[C@H]5CN5CCCC5)nc(OC[C@@]56CCCN5C[C@H](C)C6)nc4c3F)c12. The van der Waals surface area contributed by atoms with Gasteiger partial charge in [0.15, 0.2) is 5.82 Å². The highest BCUT2D eigenvalue weighted by atomic mass is 19.1. The average molecular weight is 643 g/mol. The fourth-order valence-corrected chi connectivity index (χ4v) is 9.11. The van der Waals surface area contributed by atoms with Crippen molar-refractivity contribution in [1.82, 2.24) is 24.8 Å². The van der Waals surface area contributed by atoms with E-state index in [1.807, 2.05) is 6.92 Å². The number of phenols is 1. The van der Waals surface area contributed by atoms with Gasteiger partial charge < -0.3 is 19.6 Å². The van der Waals surface area contributed by atoms with Crippen LogP contribution in [0.25, 0.3) is 32.9 Å². The molecule has 248 valence electrons. The first-order valence-corrected chi connectivity index (χ1v) is 17.5. The molecule has 3 atom stereocenters. The normalized spacial score (nSPS) is 25.1. The maximum atomic E-state index is 17.0. The number of nitrogens with zero attached hydrogens (tertiary/aromatic N) is 6. The summed E-state index contributed by atoms with van der Waals surface area (Å²) in [6, 6.07) is 6.49. The molecule has 6 heterocycles. The van der Waals surface area contributed by atoms with E-state index in [0.29, 0.717) is 52.0 Å². The second-order valence-corrected chi connectivity index (χ2v) is 14.4. The number of hydrogen-bond acceptors (Lipinski definition) is 8. The smallest absolute Gasteiger partial charge is 0.319 e. The lowest BCUT2D eigenvalue weighted by atomic mass is 9.92. The number of pyridine rings is 1. The Kier molecular flexibility index (Phi) is 7.91. The van der Waals surface area contributed by atoms with Crippen molar-refractivity contribution in [3.05, 3.63) is 47.7 Å². The quantitative estimate of drug-likeness (QED) is 0.227. The van der Waals surface area contributed by atoms with Gasteiger partial charge in [-0.1, -0.05) is 19.9 Å². The molecule has 0 saturated carbocycles. The predicted molar refractivity (Wildman–Crippen MR) is 180 cm³/mol. The molecule has 0 bridgehead atoms. The number of hydrogen-bond donors (Lipinski definition) is 1. The topological polar surface area (TPSA) is 77.9 Å². The molecule has 8 nitrogen and oxygen atoms in total. The van der Waals surface area contributed by atoms with Gasteiger partial charge in [0.05, 0.1) is 10.9 Å². The predicted octanol–water partition coefficient (Wildman–Crippen LogP) is 6.71. The summed E-state index contributed by atoms with van der Waals surface area (Å²) >= 11 is 0. The maximum absolute atomic E-state index is 17.0. The Hall–Kier alpha value is -3.63. The molecule has 0 spiro atoms. The molecule has 1 N–H and O–H groups in total. The van der Waals surface area contributed by atoms with Gasteiger partial charge in [-0.15, -0.1) is 0 Å². The fraction of sp³-hybridized carbons (Fsp3) is 0.541. The third-order valence-corrected chi connectivity index (χ3v) is 11.2. The number of halogens is 2. The monoisotopic (exact) mass is 642 g/mol. The molecule has 8 rings (SSSR count). The number of phenolic OH excluding ortho intramolecular Hbond substituents is 1. The van der Waals surface area contributed by atoms with Crippen molar-refractivity contribution in [2.75, 3.05) is 50.8 Å². The van der Waals surface area contributed by atoms with E-state index < -0.39 is 5.82 Å². The third kappa shape index (κ3) is 5.37. The van der Waals surface area contributed by atoms with Crippen LogP contribution in [-0.2, 0) is 6.42 Å². The lowest BCUT2D eigenvalue weighted by Crippen LogP contribution is -2.43. The molecule has 47 heavy (non-hydrogen) atoms. The molecular formula is C37H44F2N6O2. The van der Waals surface area contributed by atoms with E-state index in [-0.39, 0.29) is 40.4 Å². The molecule has 0 radical (unpaired) electrons. The van der Waals surface area contributed by atoms with E-state index in [0.717, 1.165) is 71.4 Å². The van der Waals surface area contributed by atoms with Gasteiger partial charge in [0, 0.05) is 37.4 Å². The summed E-state index contributed by atoms with van der Waals surface area (Å²) in [6.45, 7) is 10.8. The van der Waals surface area contributed by atoms with Crippen LogP contribution in [0.15, 0.2) is 30.5 Å². The zero-order chi connectivity index (χ0) is 32.3. The molecule has 0 amide bonds. The van der Waals surface area contributed by atoms with Crippen LogP contribution in [0.4, 0.5) is 14.6 Å². The number of benzene rings is 2. The molecule has 2 aromatic carbocycles. The minimum absolute atomic E-state index is 0.0227. The summed E-state index contributed by atoms with van der Waals surface area (Å²) < 4.78 is 38.5. The van der Waals surface area contributed by atoms with Gasteiger partial charge in [0.25, 0.3) is 0 Å². The van der Waals surface area contributed by atoms with E-state index in [9.17, 15) is 5.11 Å². The number of likely N-dealkylation sites (tertiary alicyclic amines) is 1. The fourth-order valence-electron chi connectivity index (χ4n) is 9.11. The maximum Gasteiger partial charge on any atom is 0.319 e. The van der Waals surface area contributed by atoms with E-state index in [2.05, 4.69) is 26.6 Å².